The molecule has 0 aromatic carbocycles. The molecule has 0 spiro atoms. The molecule has 1 aromatic heterocycles. The Morgan fingerprint density at radius 2 is 2.31 bits per heavy atom. The van der Waals surface area contributed by atoms with E-state index in [0.717, 1.165) is 0 Å². The molecule has 74 valence electrons. The Labute approximate surface area is 75.8 Å². The molecule has 3 nitrogen and oxygen atoms in total. The topological polar surface area (TPSA) is 29.9 Å². The number of hydrogen-bond donors (Lipinski definition) is 1. The Bertz CT molecular complexity index is 260. The lowest BCUT2D eigenvalue weighted by Gasteiger charge is -2.16. The summed E-state index contributed by atoms with van der Waals surface area (Å²) in [5.41, 5.74) is 0. The Hall–Kier alpha value is -0.970. The van der Waals surface area contributed by atoms with Gasteiger partial charge in [-0.05, 0) is 6.54 Å². The van der Waals surface area contributed by atoms with E-state index in [1.165, 1.54) is 6.20 Å². The molecule has 0 saturated carbocycles. The van der Waals surface area contributed by atoms with Crippen LogP contribution in [-0.4, -0.2) is 22.5 Å². The van der Waals surface area contributed by atoms with Crippen molar-refractivity contribution in [2.75, 3.05) is 6.54 Å². The van der Waals surface area contributed by atoms with Crippen LogP contribution in [0.4, 0.5) is 8.78 Å². The van der Waals surface area contributed by atoms with Crippen molar-refractivity contribution in [2.45, 2.75) is 19.4 Å². The molecule has 1 atom stereocenters. The highest BCUT2D eigenvalue weighted by atomic mass is 19.3. The van der Waals surface area contributed by atoms with Crippen molar-refractivity contribution in [3.63, 3.8) is 0 Å². The Morgan fingerprint density at radius 1 is 1.62 bits per heavy atom. The highest BCUT2D eigenvalue weighted by Crippen LogP contribution is 2.17. The summed E-state index contributed by atoms with van der Waals surface area (Å²) in [6, 6.07) is -0.968. The molecular formula is C8H13F2N3. The van der Waals surface area contributed by atoms with E-state index < -0.39 is 12.5 Å². The molecule has 1 unspecified atom stereocenters. The first-order chi connectivity index (χ1) is 6.16. The summed E-state index contributed by atoms with van der Waals surface area (Å²) in [6.07, 6.45) is 0.741. The molecule has 0 aliphatic rings. The van der Waals surface area contributed by atoms with Crippen LogP contribution in [0.2, 0.25) is 0 Å². The summed E-state index contributed by atoms with van der Waals surface area (Å²) in [5.74, 6) is 0.372. The Balaban J connectivity index is 2.82. The van der Waals surface area contributed by atoms with Gasteiger partial charge in [0.25, 0.3) is 6.43 Å². The minimum Gasteiger partial charge on any atom is -0.337 e. The van der Waals surface area contributed by atoms with Gasteiger partial charge in [0, 0.05) is 19.4 Å². The number of rotatable bonds is 4. The summed E-state index contributed by atoms with van der Waals surface area (Å²) in [5, 5.41) is 2.69. The van der Waals surface area contributed by atoms with Gasteiger partial charge in [-0.3, -0.25) is 0 Å². The molecule has 13 heavy (non-hydrogen) atoms. The van der Waals surface area contributed by atoms with E-state index in [1.807, 2.05) is 0 Å². The monoisotopic (exact) mass is 189 g/mol. The van der Waals surface area contributed by atoms with Crippen LogP contribution in [0.15, 0.2) is 12.4 Å². The minimum atomic E-state index is -2.43. The number of halogens is 2. The van der Waals surface area contributed by atoms with E-state index in [1.54, 1.807) is 24.7 Å². The normalized spacial score (nSPS) is 13.6. The molecule has 1 N–H and O–H groups in total. The van der Waals surface area contributed by atoms with Gasteiger partial charge in [-0.1, -0.05) is 6.92 Å². The first-order valence-electron chi connectivity index (χ1n) is 4.15. The molecule has 0 fully saturated rings. The van der Waals surface area contributed by atoms with Crippen LogP contribution in [-0.2, 0) is 7.05 Å². The molecule has 0 aliphatic heterocycles. The van der Waals surface area contributed by atoms with Crippen molar-refractivity contribution < 1.29 is 8.78 Å². The smallest absolute Gasteiger partial charge is 0.260 e. The number of nitrogens with zero attached hydrogens (tertiary/aromatic N) is 2. The van der Waals surface area contributed by atoms with Crippen LogP contribution < -0.4 is 5.32 Å². The maximum Gasteiger partial charge on any atom is 0.260 e. The molecule has 1 aromatic rings. The largest absolute Gasteiger partial charge is 0.337 e. The standard InChI is InChI=1S/C8H13F2N3/c1-3-11-6(7(9)10)8-12-4-5-13(8)2/h4-7,11H,3H2,1-2H3. The van der Waals surface area contributed by atoms with Crippen molar-refractivity contribution in [2.24, 2.45) is 7.05 Å². The first-order valence-corrected chi connectivity index (χ1v) is 4.15. The predicted molar refractivity (Wildman–Crippen MR) is 45.6 cm³/mol. The number of aromatic nitrogens is 2. The fourth-order valence-electron chi connectivity index (χ4n) is 1.19. The van der Waals surface area contributed by atoms with Gasteiger partial charge in [-0.2, -0.15) is 0 Å². The third kappa shape index (κ3) is 2.24. The van der Waals surface area contributed by atoms with Gasteiger partial charge in [-0.15, -0.1) is 0 Å². The average molecular weight is 189 g/mol. The first kappa shape index (κ1) is 10.1. The second-order valence-electron chi connectivity index (χ2n) is 2.77. The average Bonchev–Trinajstić information content (AvgIpc) is 2.47. The van der Waals surface area contributed by atoms with Crippen LogP contribution in [0.1, 0.15) is 18.8 Å². The number of imidazole rings is 1. The van der Waals surface area contributed by atoms with E-state index in [0.29, 0.717) is 12.4 Å². The fourth-order valence-corrected chi connectivity index (χ4v) is 1.19. The molecule has 0 aliphatic carbocycles. The second-order valence-corrected chi connectivity index (χ2v) is 2.77. The molecule has 1 rings (SSSR count). The number of hydrogen-bond acceptors (Lipinski definition) is 2. The SMILES string of the molecule is CCNC(c1nccn1C)C(F)F. The van der Waals surface area contributed by atoms with E-state index in [4.69, 9.17) is 0 Å². The van der Waals surface area contributed by atoms with Crippen molar-refractivity contribution in [3.8, 4) is 0 Å². The summed E-state index contributed by atoms with van der Waals surface area (Å²) in [4.78, 5) is 3.88. The maximum atomic E-state index is 12.5. The molecule has 1 heterocycles. The Morgan fingerprint density at radius 3 is 2.69 bits per heavy atom. The van der Waals surface area contributed by atoms with Crippen molar-refractivity contribution in [1.29, 1.82) is 0 Å². The quantitative estimate of drug-likeness (QED) is 0.774. The predicted octanol–water partition coefficient (Wildman–Crippen LogP) is 1.34. The van der Waals surface area contributed by atoms with Gasteiger partial charge >= 0.3 is 0 Å². The number of aryl methyl sites for hydroxylation is 1. The second kappa shape index (κ2) is 4.32. The molecular weight excluding hydrogens is 176 g/mol. The van der Waals surface area contributed by atoms with Crippen LogP contribution >= 0.6 is 0 Å². The zero-order valence-corrected chi connectivity index (χ0v) is 7.67. The van der Waals surface area contributed by atoms with E-state index in [2.05, 4.69) is 10.3 Å². The van der Waals surface area contributed by atoms with Crippen molar-refractivity contribution in [1.82, 2.24) is 14.9 Å². The van der Waals surface area contributed by atoms with Gasteiger partial charge in [0.1, 0.15) is 11.9 Å². The zero-order valence-electron chi connectivity index (χ0n) is 7.67. The fraction of sp³-hybridized carbons (Fsp3) is 0.625. The molecule has 0 amide bonds. The van der Waals surface area contributed by atoms with Gasteiger partial charge in [0.15, 0.2) is 0 Å². The van der Waals surface area contributed by atoms with Crippen molar-refractivity contribution >= 4 is 0 Å². The lowest BCUT2D eigenvalue weighted by molar-refractivity contribution is 0.0941. The van der Waals surface area contributed by atoms with Crippen LogP contribution in [0, 0.1) is 0 Å². The van der Waals surface area contributed by atoms with Crippen molar-refractivity contribution in [3.05, 3.63) is 18.2 Å². The summed E-state index contributed by atoms with van der Waals surface area (Å²) >= 11 is 0. The van der Waals surface area contributed by atoms with Crippen LogP contribution in [0.5, 0.6) is 0 Å². The lowest BCUT2D eigenvalue weighted by Crippen LogP contribution is -2.29. The number of alkyl halides is 2. The third-order valence-corrected chi connectivity index (χ3v) is 1.81. The minimum absolute atomic E-state index is 0.372. The zero-order chi connectivity index (χ0) is 9.84. The highest BCUT2D eigenvalue weighted by molar-refractivity contribution is 4.99. The van der Waals surface area contributed by atoms with E-state index in [-0.39, 0.29) is 0 Å². The third-order valence-electron chi connectivity index (χ3n) is 1.81. The lowest BCUT2D eigenvalue weighted by atomic mass is 10.3. The van der Waals surface area contributed by atoms with Gasteiger partial charge in [0.2, 0.25) is 0 Å². The summed E-state index contributed by atoms with van der Waals surface area (Å²) in [6.45, 7) is 2.29. The molecule has 0 saturated heterocycles. The molecule has 0 radical (unpaired) electrons. The molecule has 0 bridgehead atoms. The van der Waals surface area contributed by atoms with Gasteiger partial charge in [-0.25, -0.2) is 13.8 Å². The summed E-state index contributed by atoms with van der Waals surface area (Å²) < 4.78 is 26.6. The maximum absolute atomic E-state index is 12.5. The Kier molecular flexibility index (Phi) is 3.36. The highest BCUT2D eigenvalue weighted by Gasteiger charge is 2.24. The van der Waals surface area contributed by atoms with Crippen LogP contribution in [0.3, 0.4) is 0 Å². The summed E-state index contributed by atoms with van der Waals surface area (Å²) in [7, 11) is 1.70. The van der Waals surface area contributed by atoms with E-state index >= 15 is 0 Å². The van der Waals surface area contributed by atoms with E-state index in [9.17, 15) is 8.78 Å². The van der Waals surface area contributed by atoms with Crippen LogP contribution in [0.25, 0.3) is 0 Å². The van der Waals surface area contributed by atoms with Gasteiger partial charge < -0.3 is 9.88 Å². The number of nitrogens with one attached hydrogen (secondary N) is 1. The van der Waals surface area contributed by atoms with Gasteiger partial charge in [0.05, 0.1) is 0 Å². The molecule has 5 heteroatoms.